The first-order valence-electron chi connectivity index (χ1n) is 21.1. The molecule has 0 spiro atoms. The zero-order chi connectivity index (χ0) is 38.3. The highest BCUT2D eigenvalue weighted by molar-refractivity contribution is 5.81. The lowest BCUT2D eigenvalue weighted by atomic mass is 9.44. The van der Waals surface area contributed by atoms with E-state index in [1.54, 1.807) is 11.9 Å². The minimum atomic E-state index is -0.409. The van der Waals surface area contributed by atoms with Gasteiger partial charge in [0.1, 0.15) is 12.2 Å². The third-order valence-electron chi connectivity index (χ3n) is 15.1. The third kappa shape index (κ3) is 9.70. The molecule has 3 N–H and O–H groups in total. The first kappa shape index (κ1) is 41.3. The summed E-state index contributed by atoms with van der Waals surface area (Å²) >= 11 is 0. The molecule has 5 aliphatic rings. The van der Waals surface area contributed by atoms with Gasteiger partial charge in [0.2, 0.25) is 17.7 Å². The Balaban J connectivity index is 0.972. The summed E-state index contributed by atoms with van der Waals surface area (Å²) in [5.41, 5.74) is 0.720. The number of fused-ring (bicyclic) bond motifs is 5. The molecule has 1 aliphatic heterocycles. The number of carbonyl (C=O) groups is 5. The molecule has 0 bridgehead atoms. The maximum absolute atomic E-state index is 12.9. The van der Waals surface area contributed by atoms with E-state index < -0.39 is 5.97 Å². The van der Waals surface area contributed by atoms with Crippen LogP contribution in [0.3, 0.4) is 0 Å². The summed E-state index contributed by atoms with van der Waals surface area (Å²) in [5.74, 6) is 3.88. The predicted molar refractivity (Wildman–Crippen MR) is 203 cm³/mol. The number of hydrogen-bond donors (Lipinski definition) is 3. The van der Waals surface area contributed by atoms with Crippen LogP contribution in [0.25, 0.3) is 0 Å². The molecule has 11 nitrogen and oxygen atoms in total. The van der Waals surface area contributed by atoms with Gasteiger partial charge in [0, 0.05) is 52.4 Å². The van der Waals surface area contributed by atoms with E-state index in [0.717, 1.165) is 68.6 Å². The number of carbonyl (C=O) groups excluding carboxylic acids is 5. The van der Waals surface area contributed by atoms with Crippen LogP contribution in [-0.2, 0) is 28.7 Å². The van der Waals surface area contributed by atoms with Gasteiger partial charge in [-0.15, -0.1) is 0 Å². The van der Waals surface area contributed by atoms with Gasteiger partial charge in [0.05, 0.1) is 13.0 Å². The molecule has 0 aromatic heterocycles. The quantitative estimate of drug-likeness (QED) is 0.128. The maximum Gasteiger partial charge on any atom is 0.407 e. The fourth-order valence-corrected chi connectivity index (χ4v) is 12.1. The summed E-state index contributed by atoms with van der Waals surface area (Å²) in [6, 6.07) is 0.00360. The number of amides is 4. The van der Waals surface area contributed by atoms with Gasteiger partial charge in [-0.25, -0.2) is 4.79 Å². The number of unbranched alkanes of at least 4 members (excludes halogenated alkanes) is 2. The molecule has 4 saturated carbocycles. The van der Waals surface area contributed by atoms with Crippen LogP contribution in [-0.4, -0.2) is 80.1 Å². The zero-order valence-corrected chi connectivity index (χ0v) is 33.6. The largest absolute Gasteiger partial charge is 0.460 e. The second-order valence-electron chi connectivity index (χ2n) is 18.0. The van der Waals surface area contributed by atoms with Gasteiger partial charge in [-0.1, -0.05) is 27.2 Å². The molecule has 0 radical (unpaired) electrons. The van der Waals surface area contributed by atoms with Crippen molar-refractivity contribution in [2.75, 3.05) is 27.2 Å². The van der Waals surface area contributed by atoms with E-state index in [0.29, 0.717) is 55.0 Å². The fraction of sp³-hybridized carbons (Fsp3) is 0.881. The number of ether oxygens (including phenoxy) is 2. The lowest BCUT2D eigenvalue weighted by molar-refractivity contribution is -0.150. The molecular formula is C42H70N4O7. The molecule has 11 heteroatoms. The van der Waals surface area contributed by atoms with Crippen molar-refractivity contribution in [1.82, 2.24) is 20.9 Å². The standard InChI is InChI=1S/C42H70N4O7/c1-27(11-16-36(47)43-5)33-14-15-34-32-13-12-29-25-30(19-21-41(29,3)35(32)20-22-42(33,34)4)53-40(51)45-23-9-7-8-10-38(49)46-26-31(24-28(46)2)52-39(50)18-17-37(48)44-6/h27-35H,7-26H2,1-6H3,(H,43,47)(H,44,48)(H,45,51)/t27-,28-,29-,30-,31-,32?,33-,34?,35?,41+,42-/m1/s1. The molecule has 0 aromatic carbocycles. The number of esters is 1. The number of hydrogen-bond acceptors (Lipinski definition) is 7. The Morgan fingerprint density at radius 2 is 1.47 bits per heavy atom. The normalized spacial score (nSPS) is 35.2. The maximum atomic E-state index is 12.9. The van der Waals surface area contributed by atoms with Crippen molar-refractivity contribution in [2.24, 2.45) is 46.3 Å². The highest BCUT2D eigenvalue weighted by Gasteiger charge is 2.60. The van der Waals surface area contributed by atoms with Crippen molar-refractivity contribution in [3.63, 3.8) is 0 Å². The van der Waals surface area contributed by atoms with Crippen molar-refractivity contribution >= 4 is 29.8 Å². The molecule has 0 aromatic rings. The molecule has 4 amide bonds. The molecule has 1 saturated heterocycles. The molecule has 5 rings (SSSR count). The predicted octanol–water partition coefficient (Wildman–Crippen LogP) is 6.52. The highest BCUT2D eigenvalue weighted by atomic mass is 16.6. The summed E-state index contributed by atoms with van der Waals surface area (Å²) in [6.45, 7) is 10.4. The Bertz CT molecular complexity index is 1310. The smallest absolute Gasteiger partial charge is 0.407 e. The summed E-state index contributed by atoms with van der Waals surface area (Å²) < 4.78 is 11.5. The van der Waals surface area contributed by atoms with E-state index in [1.807, 2.05) is 6.92 Å². The van der Waals surface area contributed by atoms with Crippen molar-refractivity contribution in [3.8, 4) is 0 Å². The van der Waals surface area contributed by atoms with Gasteiger partial charge in [-0.3, -0.25) is 19.2 Å². The van der Waals surface area contributed by atoms with Gasteiger partial charge in [0.25, 0.3) is 0 Å². The van der Waals surface area contributed by atoms with E-state index in [-0.39, 0.29) is 54.9 Å². The Morgan fingerprint density at radius 3 is 2.23 bits per heavy atom. The summed E-state index contributed by atoms with van der Waals surface area (Å²) in [5, 5.41) is 8.25. The van der Waals surface area contributed by atoms with Crippen LogP contribution >= 0.6 is 0 Å². The van der Waals surface area contributed by atoms with Crippen LogP contribution in [0, 0.1) is 46.3 Å². The molecule has 1 heterocycles. The summed E-state index contributed by atoms with van der Waals surface area (Å²) in [4.78, 5) is 62.9. The van der Waals surface area contributed by atoms with E-state index >= 15 is 0 Å². The van der Waals surface area contributed by atoms with Crippen LogP contribution in [0.1, 0.15) is 143 Å². The lowest BCUT2D eigenvalue weighted by Crippen LogP contribution is -2.54. The molecule has 3 unspecified atom stereocenters. The van der Waals surface area contributed by atoms with Gasteiger partial charge >= 0.3 is 12.1 Å². The molecule has 53 heavy (non-hydrogen) atoms. The topological polar surface area (TPSA) is 143 Å². The van der Waals surface area contributed by atoms with Crippen LogP contribution < -0.4 is 16.0 Å². The van der Waals surface area contributed by atoms with Crippen LogP contribution in [0.5, 0.6) is 0 Å². The number of likely N-dealkylation sites (tertiary alicyclic amines) is 1. The van der Waals surface area contributed by atoms with E-state index in [1.165, 1.54) is 45.6 Å². The Kier molecular flexibility index (Phi) is 14.2. The van der Waals surface area contributed by atoms with Crippen LogP contribution in [0.15, 0.2) is 0 Å². The second kappa shape index (κ2) is 18.2. The Hall–Kier alpha value is -2.85. The molecule has 300 valence electrons. The molecule has 11 atom stereocenters. The average molecular weight is 743 g/mol. The monoisotopic (exact) mass is 743 g/mol. The van der Waals surface area contributed by atoms with Gasteiger partial charge < -0.3 is 30.3 Å². The van der Waals surface area contributed by atoms with Crippen molar-refractivity contribution < 1.29 is 33.4 Å². The summed E-state index contributed by atoms with van der Waals surface area (Å²) in [6.07, 6.45) is 15.3. The minimum absolute atomic E-state index is 0.00360. The van der Waals surface area contributed by atoms with Gasteiger partial charge in [-0.05, 0) is 130 Å². The molecular weight excluding hydrogens is 672 g/mol. The fourth-order valence-electron chi connectivity index (χ4n) is 12.1. The minimum Gasteiger partial charge on any atom is -0.460 e. The van der Waals surface area contributed by atoms with Crippen molar-refractivity contribution in [2.45, 2.75) is 162 Å². The number of nitrogens with zero attached hydrogens (tertiary/aromatic N) is 1. The summed E-state index contributed by atoms with van der Waals surface area (Å²) in [7, 11) is 3.27. The first-order chi connectivity index (χ1) is 25.3. The van der Waals surface area contributed by atoms with Crippen LogP contribution in [0.2, 0.25) is 0 Å². The van der Waals surface area contributed by atoms with E-state index in [9.17, 15) is 24.0 Å². The SMILES string of the molecule is CNC(=O)CCC(=O)O[C@@H]1C[C@@H](C)N(C(=O)CCCCCNC(=O)O[C@@H]2CC[C@]3(C)C4CC[C@@]5(C)C(CC[C@@H]5[C@H](C)CCC(=O)NC)C4CC[C@@H]3C2)C1. The van der Waals surface area contributed by atoms with Crippen molar-refractivity contribution in [1.29, 1.82) is 0 Å². The third-order valence-corrected chi connectivity index (χ3v) is 15.1. The van der Waals surface area contributed by atoms with Gasteiger partial charge in [0.15, 0.2) is 0 Å². The van der Waals surface area contributed by atoms with E-state index in [4.69, 9.17) is 9.47 Å². The van der Waals surface area contributed by atoms with Crippen LogP contribution in [0.4, 0.5) is 4.79 Å². The Labute approximate surface area is 318 Å². The number of alkyl carbamates (subject to hydrolysis) is 1. The molecule has 4 aliphatic carbocycles. The number of rotatable bonds is 15. The van der Waals surface area contributed by atoms with E-state index in [2.05, 4.69) is 36.7 Å². The van der Waals surface area contributed by atoms with Gasteiger partial charge in [-0.2, -0.15) is 0 Å². The highest BCUT2D eigenvalue weighted by Crippen LogP contribution is 2.68. The lowest BCUT2D eigenvalue weighted by Gasteiger charge is -2.61. The number of nitrogens with one attached hydrogen (secondary N) is 3. The molecule has 5 fully saturated rings. The Morgan fingerprint density at radius 1 is 0.755 bits per heavy atom. The average Bonchev–Trinajstić information content (AvgIpc) is 3.69. The van der Waals surface area contributed by atoms with Crippen molar-refractivity contribution in [3.05, 3.63) is 0 Å². The zero-order valence-electron chi connectivity index (χ0n) is 33.6. The second-order valence-corrected chi connectivity index (χ2v) is 18.0. The first-order valence-corrected chi connectivity index (χ1v) is 21.1.